The molecule has 0 bridgehead atoms. The van der Waals surface area contributed by atoms with Crippen molar-refractivity contribution in [2.24, 2.45) is 0 Å². The van der Waals surface area contributed by atoms with Crippen molar-refractivity contribution in [3.8, 4) is 0 Å². The molecule has 2 aromatic carbocycles. The number of halogens is 4. The van der Waals surface area contributed by atoms with Gasteiger partial charge in [0.1, 0.15) is 12.4 Å². The third kappa shape index (κ3) is 5.50. The Morgan fingerprint density at radius 2 is 1.57 bits per heavy atom. The van der Waals surface area contributed by atoms with Gasteiger partial charge in [-0.1, -0.05) is 0 Å². The van der Waals surface area contributed by atoms with Crippen molar-refractivity contribution in [2.75, 3.05) is 18.5 Å². The summed E-state index contributed by atoms with van der Waals surface area (Å²) in [6, 6.07) is 5.14. The molecule has 7 nitrogen and oxygen atoms in total. The molecular weight excluding hydrogens is 408 g/mol. The van der Waals surface area contributed by atoms with Crippen molar-refractivity contribution in [3.63, 3.8) is 0 Å². The highest BCUT2D eigenvalue weighted by atomic mass is 32.2. The minimum Gasteiger partial charge on any atom is -0.455 e. The molecule has 0 saturated heterocycles. The number of sulfonamides is 1. The molecule has 12 heteroatoms. The van der Waals surface area contributed by atoms with Crippen LogP contribution in [0.25, 0.3) is 0 Å². The fourth-order valence-corrected chi connectivity index (χ4v) is 2.83. The molecule has 2 rings (SSSR count). The average molecular weight is 420 g/mol. The number of hydrogen-bond donors (Lipinski definition) is 2. The lowest BCUT2D eigenvalue weighted by atomic mass is 10.3. The molecule has 0 aromatic heterocycles. The van der Waals surface area contributed by atoms with Crippen LogP contribution >= 0.6 is 0 Å². The minimum atomic E-state index is -4.12. The number of rotatable bonds is 7. The average Bonchev–Trinajstić information content (AvgIpc) is 2.65. The summed E-state index contributed by atoms with van der Waals surface area (Å²) >= 11 is 0. The van der Waals surface area contributed by atoms with Crippen molar-refractivity contribution in [3.05, 3.63) is 59.7 Å². The Kier molecular flexibility index (Phi) is 6.70. The Morgan fingerprint density at radius 3 is 2.21 bits per heavy atom. The number of benzene rings is 2. The van der Waals surface area contributed by atoms with Crippen molar-refractivity contribution in [1.29, 1.82) is 0 Å². The second-order valence-corrected chi connectivity index (χ2v) is 6.98. The van der Waals surface area contributed by atoms with Crippen LogP contribution in [0.3, 0.4) is 0 Å². The monoisotopic (exact) mass is 420 g/mol. The number of esters is 1. The first-order chi connectivity index (χ1) is 13.1. The molecule has 0 aliphatic rings. The Hall–Kier alpha value is -2.99. The van der Waals surface area contributed by atoms with Gasteiger partial charge in [-0.25, -0.2) is 26.0 Å². The summed E-state index contributed by atoms with van der Waals surface area (Å²) in [5.41, 5.74) is -0.669. The molecule has 0 spiro atoms. The number of amides is 1. The quantitative estimate of drug-likeness (QED) is 0.403. The molecule has 2 aromatic rings. The smallest absolute Gasteiger partial charge is 0.321 e. The van der Waals surface area contributed by atoms with E-state index in [1.54, 1.807) is 0 Å². The van der Waals surface area contributed by atoms with Crippen LogP contribution in [0.15, 0.2) is 41.3 Å². The number of nitrogens with one attached hydrogen (secondary N) is 2. The van der Waals surface area contributed by atoms with Gasteiger partial charge in [0, 0.05) is 0 Å². The number of anilines is 1. The molecule has 0 atom stereocenters. The van der Waals surface area contributed by atoms with Crippen LogP contribution < -0.4 is 10.0 Å². The number of carbonyl (C=O) groups is 2. The van der Waals surface area contributed by atoms with Crippen molar-refractivity contribution < 1.29 is 40.3 Å². The maximum absolute atomic E-state index is 13.4. The normalized spacial score (nSPS) is 11.1. The molecule has 0 heterocycles. The summed E-state index contributed by atoms with van der Waals surface area (Å²) in [7, 11) is -4.12. The molecule has 0 unspecified atom stereocenters. The minimum absolute atomic E-state index is 0.298. The SMILES string of the molecule is O=C(COC(=O)CNS(=O)(=O)c1ccc(F)cc1)Nc1ccc(F)c(F)c1F. The van der Waals surface area contributed by atoms with E-state index in [1.807, 2.05) is 10.0 Å². The number of ether oxygens (including phenoxy) is 1. The maximum atomic E-state index is 13.4. The van der Waals surface area contributed by atoms with E-state index in [2.05, 4.69) is 4.74 Å². The molecule has 0 radical (unpaired) electrons. The van der Waals surface area contributed by atoms with Crippen LogP contribution in [0.1, 0.15) is 0 Å². The third-order valence-corrected chi connectivity index (χ3v) is 4.62. The predicted molar refractivity (Wildman–Crippen MR) is 87.5 cm³/mol. The van der Waals surface area contributed by atoms with Gasteiger partial charge in [-0.05, 0) is 36.4 Å². The van der Waals surface area contributed by atoms with Gasteiger partial charge in [-0.15, -0.1) is 0 Å². The van der Waals surface area contributed by atoms with Crippen molar-refractivity contribution >= 4 is 27.6 Å². The summed E-state index contributed by atoms with van der Waals surface area (Å²) in [5, 5.41) is 1.87. The van der Waals surface area contributed by atoms with E-state index in [9.17, 15) is 35.6 Å². The van der Waals surface area contributed by atoms with E-state index in [0.29, 0.717) is 6.07 Å². The Morgan fingerprint density at radius 1 is 0.929 bits per heavy atom. The summed E-state index contributed by atoms with van der Waals surface area (Å²) < 4.78 is 82.2. The van der Waals surface area contributed by atoms with E-state index in [-0.39, 0.29) is 4.90 Å². The van der Waals surface area contributed by atoms with Gasteiger partial charge in [-0.2, -0.15) is 4.72 Å². The van der Waals surface area contributed by atoms with Gasteiger partial charge < -0.3 is 10.1 Å². The van der Waals surface area contributed by atoms with Crippen LogP contribution in [0.2, 0.25) is 0 Å². The van der Waals surface area contributed by atoms with Crippen LogP contribution in [-0.4, -0.2) is 33.4 Å². The van der Waals surface area contributed by atoms with E-state index in [0.717, 1.165) is 30.3 Å². The van der Waals surface area contributed by atoms with Crippen molar-refractivity contribution in [2.45, 2.75) is 4.90 Å². The third-order valence-electron chi connectivity index (χ3n) is 3.20. The summed E-state index contributed by atoms with van der Waals surface area (Å²) in [5.74, 6) is -7.74. The largest absolute Gasteiger partial charge is 0.455 e. The topological polar surface area (TPSA) is 102 Å². The Balaban J connectivity index is 1.84. The first-order valence-corrected chi connectivity index (χ1v) is 8.92. The maximum Gasteiger partial charge on any atom is 0.321 e. The molecule has 0 fully saturated rings. The summed E-state index contributed by atoms with van der Waals surface area (Å²) in [6.45, 7) is -1.78. The molecule has 0 aliphatic heterocycles. The van der Waals surface area contributed by atoms with Crippen LogP contribution in [0.4, 0.5) is 23.2 Å². The predicted octanol–water partition coefficient (Wildman–Crippen LogP) is 1.70. The highest BCUT2D eigenvalue weighted by molar-refractivity contribution is 7.89. The zero-order valence-electron chi connectivity index (χ0n) is 13.8. The van der Waals surface area contributed by atoms with Crippen LogP contribution in [0, 0.1) is 23.3 Å². The van der Waals surface area contributed by atoms with Crippen LogP contribution in [-0.2, 0) is 24.3 Å². The van der Waals surface area contributed by atoms with E-state index >= 15 is 0 Å². The van der Waals surface area contributed by atoms with E-state index in [4.69, 9.17) is 0 Å². The van der Waals surface area contributed by atoms with Crippen molar-refractivity contribution in [1.82, 2.24) is 4.72 Å². The molecule has 1 amide bonds. The number of carbonyl (C=O) groups excluding carboxylic acids is 2. The van der Waals surface area contributed by atoms with E-state index < -0.39 is 64.0 Å². The molecule has 150 valence electrons. The highest BCUT2D eigenvalue weighted by Gasteiger charge is 2.18. The zero-order chi connectivity index (χ0) is 20.9. The molecule has 0 saturated carbocycles. The fourth-order valence-electron chi connectivity index (χ4n) is 1.86. The highest BCUT2D eigenvalue weighted by Crippen LogP contribution is 2.19. The van der Waals surface area contributed by atoms with Crippen LogP contribution in [0.5, 0.6) is 0 Å². The zero-order valence-corrected chi connectivity index (χ0v) is 14.7. The van der Waals surface area contributed by atoms with Gasteiger partial charge in [-0.3, -0.25) is 9.59 Å². The fraction of sp³-hybridized carbons (Fsp3) is 0.125. The summed E-state index contributed by atoms with van der Waals surface area (Å²) in [4.78, 5) is 22.8. The molecule has 28 heavy (non-hydrogen) atoms. The lowest BCUT2D eigenvalue weighted by molar-refractivity contribution is -0.146. The van der Waals surface area contributed by atoms with Gasteiger partial charge in [0.2, 0.25) is 10.0 Å². The van der Waals surface area contributed by atoms with Gasteiger partial charge in [0.25, 0.3) is 5.91 Å². The standard InChI is InChI=1S/C16H12F4N2O5S/c17-9-1-3-10(4-2-9)28(25,26)21-7-14(24)27-8-13(23)22-12-6-5-11(18)15(19)16(12)20/h1-6,21H,7-8H2,(H,22,23). The lowest BCUT2D eigenvalue weighted by Gasteiger charge is -2.09. The Bertz CT molecular complexity index is 997. The van der Waals surface area contributed by atoms with Gasteiger partial charge in [0.15, 0.2) is 24.1 Å². The first-order valence-electron chi connectivity index (χ1n) is 7.44. The Labute approximate surface area is 156 Å². The first kappa shape index (κ1) is 21.3. The van der Waals surface area contributed by atoms with Gasteiger partial charge >= 0.3 is 5.97 Å². The molecule has 0 aliphatic carbocycles. The lowest BCUT2D eigenvalue weighted by Crippen LogP contribution is -2.32. The van der Waals surface area contributed by atoms with E-state index in [1.165, 1.54) is 0 Å². The molecular formula is C16H12F4N2O5S. The van der Waals surface area contributed by atoms with Gasteiger partial charge in [0.05, 0.1) is 10.6 Å². The number of hydrogen-bond acceptors (Lipinski definition) is 5. The summed E-state index contributed by atoms with van der Waals surface area (Å²) in [6.07, 6.45) is 0. The second-order valence-electron chi connectivity index (χ2n) is 5.21. The second kappa shape index (κ2) is 8.80. The molecule has 2 N–H and O–H groups in total.